The molecule has 2 amide bonds. The zero-order chi connectivity index (χ0) is 16.3. The summed E-state index contributed by atoms with van der Waals surface area (Å²) in [6.45, 7) is 0.323. The molecule has 8 heteroatoms. The lowest BCUT2D eigenvalue weighted by atomic mass is 10.1. The van der Waals surface area contributed by atoms with Gasteiger partial charge >= 0.3 is 6.18 Å². The van der Waals surface area contributed by atoms with Gasteiger partial charge in [0.05, 0.1) is 0 Å². The van der Waals surface area contributed by atoms with Gasteiger partial charge in [-0.1, -0.05) is 6.07 Å². The van der Waals surface area contributed by atoms with Crippen molar-refractivity contribution in [1.82, 2.24) is 9.80 Å². The van der Waals surface area contributed by atoms with Crippen molar-refractivity contribution >= 4 is 11.8 Å². The quantitative estimate of drug-likeness (QED) is 0.783. The van der Waals surface area contributed by atoms with Crippen LogP contribution in [0.2, 0.25) is 0 Å². The number of amides is 2. The van der Waals surface area contributed by atoms with Crippen molar-refractivity contribution in [3.8, 4) is 0 Å². The SMILES string of the molecule is O=C(CC(F)(F)F)N1CCN(C(=O)c2cccc(F)c2)CC1. The molecule has 1 fully saturated rings. The number of hydrogen-bond acceptors (Lipinski definition) is 2. The van der Waals surface area contributed by atoms with Gasteiger partial charge in [0.2, 0.25) is 5.91 Å². The minimum atomic E-state index is -4.54. The summed E-state index contributed by atoms with van der Waals surface area (Å²) in [5.41, 5.74) is 0.176. The summed E-state index contributed by atoms with van der Waals surface area (Å²) < 4.78 is 49.6. The van der Waals surface area contributed by atoms with E-state index in [0.29, 0.717) is 0 Å². The Bertz CT molecular complexity index is 566. The second-order valence-corrected chi connectivity index (χ2v) is 4.98. The molecule has 0 N–H and O–H groups in total. The molecule has 1 saturated heterocycles. The fourth-order valence-electron chi connectivity index (χ4n) is 2.25. The molecule has 0 aliphatic carbocycles. The van der Waals surface area contributed by atoms with Crippen molar-refractivity contribution in [2.24, 2.45) is 0 Å². The van der Waals surface area contributed by atoms with Crippen molar-refractivity contribution in [3.63, 3.8) is 0 Å². The van der Waals surface area contributed by atoms with E-state index in [9.17, 15) is 27.2 Å². The van der Waals surface area contributed by atoms with Crippen LogP contribution in [0.15, 0.2) is 24.3 Å². The molecule has 22 heavy (non-hydrogen) atoms. The Hall–Kier alpha value is -2.12. The fraction of sp³-hybridized carbons (Fsp3) is 0.429. The first-order valence-electron chi connectivity index (χ1n) is 6.65. The largest absolute Gasteiger partial charge is 0.397 e. The summed E-state index contributed by atoms with van der Waals surface area (Å²) in [7, 11) is 0. The first-order chi connectivity index (χ1) is 10.3. The number of rotatable bonds is 2. The lowest BCUT2D eigenvalue weighted by Gasteiger charge is -2.35. The normalized spacial score (nSPS) is 15.8. The van der Waals surface area contributed by atoms with Crippen molar-refractivity contribution < 1.29 is 27.2 Å². The highest BCUT2D eigenvalue weighted by atomic mass is 19.4. The van der Waals surface area contributed by atoms with Crippen molar-refractivity contribution in [2.75, 3.05) is 26.2 Å². The molecule has 1 aliphatic heterocycles. The zero-order valence-electron chi connectivity index (χ0n) is 11.6. The molecule has 120 valence electrons. The molecule has 2 rings (SSSR count). The molecule has 0 saturated carbocycles. The minimum absolute atomic E-state index is 0.0377. The van der Waals surface area contributed by atoms with E-state index in [1.54, 1.807) is 0 Å². The molecule has 1 heterocycles. The third-order valence-electron chi connectivity index (χ3n) is 3.34. The lowest BCUT2D eigenvalue weighted by Crippen LogP contribution is -2.51. The third kappa shape index (κ3) is 4.19. The van der Waals surface area contributed by atoms with Crippen LogP contribution in [-0.2, 0) is 4.79 Å². The topological polar surface area (TPSA) is 40.6 Å². The van der Waals surface area contributed by atoms with Gasteiger partial charge in [0, 0.05) is 31.7 Å². The van der Waals surface area contributed by atoms with E-state index in [0.717, 1.165) is 11.0 Å². The maximum atomic E-state index is 13.1. The molecular formula is C14H14F4N2O2. The summed E-state index contributed by atoms with van der Waals surface area (Å²) in [5, 5.41) is 0. The number of carbonyl (C=O) groups excluding carboxylic acids is 2. The number of carbonyl (C=O) groups is 2. The molecule has 4 nitrogen and oxygen atoms in total. The monoisotopic (exact) mass is 318 g/mol. The van der Waals surface area contributed by atoms with Gasteiger partial charge < -0.3 is 9.80 Å². The summed E-state index contributed by atoms with van der Waals surface area (Å²) >= 11 is 0. The van der Waals surface area contributed by atoms with Crippen LogP contribution >= 0.6 is 0 Å². The van der Waals surface area contributed by atoms with E-state index in [-0.39, 0.29) is 31.7 Å². The van der Waals surface area contributed by atoms with Gasteiger partial charge in [-0.2, -0.15) is 13.2 Å². The predicted octanol–water partition coefficient (Wildman–Crippen LogP) is 2.06. The summed E-state index contributed by atoms with van der Waals surface area (Å²) in [4.78, 5) is 26.1. The first kappa shape index (κ1) is 16.3. The van der Waals surface area contributed by atoms with Crippen LogP contribution in [0, 0.1) is 5.82 Å². The highest BCUT2D eigenvalue weighted by molar-refractivity contribution is 5.94. The van der Waals surface area contributed by atoms with E-state index < -0.39 is 30.2 Å². The van der Waals surface area contributed by atoms with E-state index >= 15 is 0 Å². The van der Waals surface area contributed by atoms with Crippen molar-refractivity contribution in [2.45, 2.75) is 12.6 Å². The van der Waals surface area contributed by atoms with Gasteiger partial charge in [-0.25, -0.2) is 4.39 Å². The van der Waals surface area contributed by atoms with Crippen molar-refractivity contribution in [1.29, 1.82) is 0 Å². The number of nitrogens with zero attached hydrogens (tertiary/aromatic N) is 2. The maximum absolute atomic E-state index is 13.1. The summed E-state index contributed by atoms with van der Waals surface area (Å²) in [6, 6.07) is 5.19. The molecule has 0 radical (unpaired) electrons. The summed E-state index contributed by atoms with van der Waals surface area (Å²) in [6.07, 6.45) is -6.03. The van der Waals surface area contributed by atoms with Crippen LogP contribution < -0.4 is 0 Å². The molecule has 0 spiro atoms. The number of benzene rings is 1. The van der Waals surface area contributed by atoms with Crippen LogP contribution in [0.1, 0.15) is 16.8 Å². The number of piperazine rings is 1. The lowest BCUT2D eigenvalue weighted by molar-refractivity contribution is -0.162. The number of hydrogen-bond donors (Lipinski definition) is 0. The Morgan fingerprint density at radius 1 is 1.05 bits per heavy atom. The summed E-state index contributed by atoms with van der Waals surface area (Å²) in [5.74, 6) is -1.93. The van der Waals surface area contributed by atoms with Crippen molar-refractivity contribution in [3.05, 3.63) is 35.6 Å². The Morgan fingerprint density at radius 3 is 2.18 bits per heavy atom. The van der Waals surface area contributed by atoms with E-state index in [2.05, 4.69) is 0 Å². The van der Waals surface area contributed by atoms with Crippen LogP contribution in [0.25, 0.3) is 0 Å². The van der Waals surface area contributed by atoms with Gasteiger partial charge in [-0.15, -0.1) is 0 Å². The Morgan fingerprint density at radius 2 is 1.64 bits per heavy atom. The molecular weight excluding hydrogens is 304 g/mol. The van der Waals surface area contributed by atoms with E-state index in [4.69, 9.17) is 0 Å². The maximum Gasteiger partial charge on any atom is 0.397 e. The highest BCUT2D eigenvalue weighted by Gasteiger charge is 2.34. The third-order valence-corrected chi connectivity index (χ3v) is 3.34. The Balaban J connectivity index is 1.92. The first-order valence-corrected chi connectivity index (χ1v) is 6.65. The molecule has 1 aromatic rings. The average molecular weight is 318 g/mol. The molecule has 0 aromatic heterocycles. The highest BCUT2D eigenvalue weighted by Crippen LogP contribution is 2.21. The zero-order valence-corrected chi connectivity index (χ0v) is 11.6. The van der Waals surface area contributed by atoms with Gasteiger partial charge in [-0.3, -0.25) is 9.59 Å². The number of alkyl halides is 3. The number of halogens is 4. The smallest absolute Gasteiger partial charge is 0.339 e. The second-order valence-electron chi connectivity index (χ2n) is 4.98. The van der Waals surface area contributed by atoms with Crippen LogP contribution in [0.4, 0.5) is 17.6 Å². The van der Waals surface area contributed by atoms with Crippen LogP contribution in [0.3, 0.4) is 0 Å². The molecule has 0 bridgehead atoms. The Labute approximate surface area is 124 Å². The molecule has 1 aliphatic rings. The molecule has 0 unspecified atom stereocenters. The van der Waals surface area contributed by atoms with E-state index in [1.165, 1.54) is 23.1 Å². The standard InChI is InChI=1S/C14H14F4N2O2/c15-11-3-1-2-10(8-11)13(22)20-6-4-19(5-7-20)12(21)9-14(16,17)18/h1-3,8H,4-7,9H2. The molecule has 0 atom stereocenters. The van der Waals surface area contributed by atoms with Gasteiger partial charge in [0.15, 0.2) is 0 Å². The van der Waals surface area contributed by atoms with Gasteiger partial charge in [-0.05, 0) is 18.2 Å². The molecule has 1 aromatic carbocycles. The Kier molecular flexibility index (Phi) is 4.68. The van der Waals surface area contributed by atoms with E-state index in [1.807, 2.05) is 0 Å². The fourth-order valence-corrected chi connectivity index (χ4v) is 2.25. The van der Waals surface area contributed by atoms with Gasteiger partial charge in [0.25, 0.3) is 5.91 Å². The minimum Gasteiger partial charge on any atom is -0.339 e. The second kappa shape index (κ2) is 6.33. The van der Waals surface area contributed by atoms with Gasteiger partial charge in [0.1, 0.15) is 12.2 Å². The van der Waals surface area contributed by atoms with Crippen LogP contribution in [-0.4, -0.2) is 54.0 Å². The average Bonchev–Trinajstić information content (AvgIpc) is 2.45. The predicted molar refractivity (Wildman–Crippen MR) is 69.6 cm³/mol. The van der Waals surface area contributed by atoms with Crippen LogP contribution in [0.5, 0.6) is 0 Å².